The Bertz CT molecular complexity index is 324. The van der Waals surface area contributed by atoms with Gasteiger partial charge in [-0.2, -0.15) is 0 Å². The summed E-state index contributed by atoms with van der Waals surface area (Å²) in [5.41, 5.74) is 5.03. The molecule has 1 aliphatic heterocycles. The molecule has 78 valence electrons. The van der Waals surface area contributed by atoms with Crippen LogP contribution in [0.2, 0.25) is 0 Å². The fourth-order valence-corrected chi connectivity index (χ4v) is 2.52. The molecule has 1 aliphatic rings. The summed E-state index contributed by atoms with van der Waals surface area (Å²) in [7, 11) is 0. The Morgan fingerprint density at radius 2 is 2.57 bits per heavy atom. The fraction of sp³-hybridized carbons (Fsp3) is 0.667. The predicted octanol–water partition coefficient (Wildman–Crippen LogP) is 0.682. The SMILES string of the molecule is CC1(O)CCN(Cc2cnc(N)s2)C1. The first-order valence-electron chi connectivity index (χ1n) is 4.70. The van der Waals surface area contributed by atoms with E-state index in [1.54, 1.807) is 0 Å². The van der Waals surface area contributed by atoms with Crippen molar-refractivity contribution in [2.75, 3.05) is 18.8 Å². The van der Waals surface area contributed by atoms with Crippen LogP contribution in [-0.4, -0.2) is 33.7 Å². The molecule has 4 nitrogen and oxygen atoms in total. The average Bonchev–Trinajstić information content (AvgIpc) is 2.59. The number of nitrogens with two attached hydrogens (primary N) is 1. The molecule has 0 bridgehead atoms. The van der Waals surface area contributed by atoms with Crippen molar-refractivity contribution in [3.05, 3.63) is 11.1 Å². The zero-order valence-corrected chi connectivity index (χ0v) is 9.05. The Morgan fingerprint density at radius 1 is 1.79 bits per heavy atom. The number of aliphatic hydroxyl groups is 1. The van der Waals surface area contributed by atoms with Gasteiger partial charge in [0.25, 0.3) is 0 Å². The topological polar surface area (TPSA) is 62.4 Å². The highest BCUT2D eigenvalue weighted by molar-refractivity contribution is 7.15. The van der Waals surface area contributed by atoms with Gasteiger partial charge in [-0.1, -0.05) is 0 Å². The maximum Gasteiger partial charge on any atom is 0.180 e. The molecule has 1 aromatic rings. The summed E-state index contributed by atoms with van der Waals surface area (Å²) < 4.78 is 0. The molecule has 2 rings (SSSR count). The van der Waals surface area contributed by atoms with Gasteiger partial charge in [0.2, 0.25) is 0 Å². The van der Waals surface area contributed by atoms with Gasteiger partial charge in [-0.15, -0.1) is 11.3 Å². The van der Waals surface area contributed by atoms with E-state index in [2.05, 4.69) is 9.88 Å². The summed E-state index contributed by atoms with van der Waals surface area (Å²) in [4.78, 5) is 7.40. The van der Waals surface area contributed by atoms with Gasteiger partial charge in [0.15, 0.2) is 5.13 Å². The van der Waals surface area contributed by atoms with E-state index in [-0.39, 0.29) is 0 Å². The highest BCUT2D eigenvalue weighted by Gasteiger charge is 2.31. The lowest BCUT2D eigenvalue weighted by molar-refractivity contribution is 0.0680. The van der Waals surface area contributed by atoms with Crippen LogP contribution < -0.4 is 5.73 Å². The van der Waals surface area contributed by atoms with Gasteiger partial charge in [-0.3, -0.25) is 4.90 Å². The highest BCUT2D eigenvalue weighted by atomic mass is 32.1. The van der Waals surface area contributed by atoms with E-state index in [4.69, 9.17) is 5.73 Å². The smallest absolute Gasteiger partial charge is 0.180 e. The number of nitrogens with zero attached hydrogens (tertiary/aromatic N) is 2. The summed E-state index contributed by atoms with van der Waals surface area (Å²) >= 11 is 1.52. The van der Waals surface area contributed by atoms with Gasteiger partial charge in [0.05, 0.1) is 5.60 Å². The van der Waals surface area contributed by atoms with Gasteiger partial charge < -0.3 is 10.8 Å². The van der Waals surface area contributed by atoms with Crippen LogP contribution >= 0.6 is 11.3 Å². The van der Waals surface area contributed by atoms with Crippen LogP contribution in [0.15, 0.2) is 6.20 Å². The lowest BCUT2D eigenvalue weighted by Gasteiger charge is -2.17. The summed E-state index contributed by atoms with van der Waals surface area (Å²) in [6.45, 7) is 4.43. The molecule has 0 aromatic carbocycles. The van der Waals surface area contributed by atoms with Crippen LogP contribution in [0.3, 0.4) is 0 Å². The molecule has 0 aliphatic carbocycles. The van der Waals surface area contributed by atoms with Crippen molar-refractivity contribution in [2.45, 2.75) is 25.5 Å². The summed E-state index contributed by atoms with van der Waals surface area (Å²) in [6.07, 6.45) is 2.66. The molecule has 1 fully saturated rings. The molecule has 5 heteroatoms. The molecule has 0 spiro atoms. The molecule has 1 unspecified atom stereocenters. The molecule has 0 saturated carbocycles. The zero-order valence-electron chi connectivity index (χ0n) is 8.23. The van der Waals surface area contributed by atoms with Gasteiger partial charge in [0, 0.05) is 30.7 Å². The summed E-state index contributed by atoms with van der Waals surface area (Å²) in [5.74, 6) is 0. The molecule has 3 N–H and O–H groups in total. The van der Waals surface area contributed by atoms with Gasteiger partial charge >= 0.3 is 0 Å². The number of anilines is 1. The number of thiazole rings is 1. The van der Waals surface area contributed by atoms with Crippen molar-refractivity contribution in [1.29, 1.82) is 0 Å². The second kappa shape index (κ2) is 3.49. The third-order valence-electron chi connectivity index (χ3n) is 2.48. The summed E-state index contributed by atoms with van der Waals surface area (Å²) in [6, 6.07) is 0. The molecule has 14 heavy (non-hydrogen) atoms. The first-order chi connectivity index (χ1) is 6.55. The van der Waals surface area contributed by atoms with Gasteiger partial charge in [0.1, 0.15) is 0 Å². The lowest BCUT2D eigenvalue weighted by Crippen LogP contribution is -2.29. The quantitative estimate of drug-likeness (QED) is 0.758. The Hall–Kier alpha value is -0.650. The van der Waals surface area contributed by atoms with Crippen molar-refractivity contribution in [3.8, 4) is 0 Å². The molecule has 0 radical (unpaired) electrons. The van der Waals surface area contributed by atoms with Crippen LogP contribution in [0, 0.1) is 0 Å². The minimum Gasteiger partial charge on any atom is -0.389 e. The van der Waals surface area contributed by atoms with Crippen molar-refractivity contribution < 1.29 is 5.11 Å². The van der Waals surface area contributed by atoms with Gasteiger partial charge in [-0.05, 0) is 13.3 Å². The molecule has 1 aromatic heterocycles. The minimum atomic E-state index is -0.518. The van der Waals surface area contributed by atoms with E-state index in [1.165, 1.54) is 16.2 Å². The summed E-state index contributed by atoms with van der Waals surface area (Å²) in [5, 5.41) is 10.4. The average molecular weight is 213 g/mol. The van der Waals surface area contributed by atoms with E-state index in [1.807, 2.05) is 13.1 Å². The van der Waals surface area contributed by atoms with Gasteiger partial charge in [-0.25, -0.2) is 4.98 Å². The Kier molecular flexibility index (Phi) is 2.47. The van der Waals surface area contributed by atoms with E-state index in [0.29, 0.717) is 5.13 Å². The lowest BCUT2D eigenvalue weighted by atomic mass is 10.1. The number of hydrogen-bond donors (Lipinski definition) is 2. The Balaban J connectivity index is 1.94. The number of aromatic nitrogens is 1. The van der Waals surface area contributed by atoms with E-state index in [0.717, 1.165) is 26.1 Å². The van der Waals surface area contributed by atoms with E-state index in [9.17, 15) is 5.11 Å². The van der Waals surface area contributed by atoms with Crippen LogP contribution in [0.25, 0.3) is 0 Å². The molecule has 1 saturated heterocycles. The van der Waals surface area contributed by atoms with E-state index < -0.39 is 5.60 Å². The second-order valence-corrected chi connectivity index (χ2v) is 5.27. The fourth-order valence-electron chi connectivity index (χ4n) is 1.79. The number of nitrogen functional groups attached to an aromatic ring is 1. The Morgan fingerprint density at radius 3 is 3.07 bits per heavy atom. The first-order valence-corrected chi connectivity index (χ1v) is 5.52. The largest absolute Gasteiger partial charge is 0.389 e. The maximum absolute atomic E-state index is 9.77. The van der Waals surface area contributed by atoms with Crippen LogP contribution in [0.5, 0.6) is 0 Å². The van der Waals surface area contributed by atoms with Crippen molar-refractivity contribution in [1.82, 2.24) is 9.88 Å². The highest BCUT2D eigenvalue weighted by Crippen LogP contribution is 2.24. The minimum absolute atomic E-state index is 0.518. The normalized spacial score (nSPS) is 28.4. The van der Waals surface area contributed by atoms with Crippen molar-refractivity contribution >= 4 is 16.5 Å². The van der Waals surface area contributed by atoms with Crippen molar-refractivity contribution in [3.63, 3.8) is 0 Å². The number of rotatable bonds is 2. The monoisotopic (exact) mass is 213 g/mol. The molecule has 1 atom stereocenters. The standard InChI is InChI=1S/C9H15N3OS/c1-9(13)2-3-12(6-9)5-7-4-11-8(10)14-7/h4,13H,2-3,5-6H2,1H3,(H2,10,11). The zero-order chi connectivity index (χ0) is 10.2. The number of β-amino-alcohol motifs (C(OH)–C–C–N with tert-alkyl or cyclic N) is 1. The predicted molar refractivity (Wildman–Crippen MR) is 57.0 cm³/mol. The Labute approximate surface area is 87.4 Å². The molecular weight excluding hydrogens is 198 g/mol. The van der Waals surface area contributed by atoms with Crippen LogP contribution in [0.1, 0.15) is 18.2 Å². The number of likely N-dealkylation sites (tertiary alicyclic amines) is 1. The maximum atomic E-state index is 9.77. The third-order valence-corrected chi connectivity index (χ3v) is 3.29. The number of hydrogen-bond acceptors (Lipinski definition) is 5. The molecule has 2 heterocycles. The molecular formula is C9H15N3OS. The van der Waals surface area contributed by atoms with Crippen LogP contribution in [-0.2, 0) is 6.54 Å². The van der Waals surface area contributed by atoms with Crippen LogP contribution in [0.4, 0.5) is 5.13 Å². The van der Waals surface area contributed by atoms with E-state index >= 15 is 0 Å². The molecule has 0 amide bonds. The first kappa shape index (κ1) is 9.89. The second-order valence-electron chi connectivity index (χ2n) is 4.12. The van der Waals surface area contributed by atoms with Crippen molar-refractivity contribution in [2.24, 2.45) is 0 Å². The third kappa shape index (κ3) is 2.23.